The van der Waals surface area contributed by atoms with Crippen molar-refractivity contribution in [3.8, 4) is 0 Å². The predicted octanol–water partition coefficient (Wildman–Crippen LogP) is 6.45. The van der Waals surface area contributed by atoms with E-state index < -0.39 is 11.8 Å². The molecule has 0 amide bonds. The Hall–Kier alpha value is -2.14. The molecule has 2 aliphatic heterocycles. The van der Waals surface area contributed by atoms with Gasteiger partial charge in [0.1, 0.15) is 0 Å². The number of aromatic nitrogens is 1. The van der Waals surface area contributed by atoms with Crippen LogP contribution in [-0.2, 0) is 9.53 Å². The van der Waals surface area contributed by atoms with Gasteiger partial charge in [-0.15, -0.1) is 0 Å². The standard InChI is InChI=1S/C29H40N2O3/c1-34-29(33)28(32)26-20-30(27-17-10-9-16-25(26)27)24-18-22-14-11-15-23(19-24)31(22)21-12-7-5-3-2-4-6-8-13-21/h9-10,16-17,20-24H,2-8,11-15,18-19H2,1H3/t22-,23+,24+. The number of piperidine rings is 2. The van der Waals surface area contributed by atoms with Crippen LogP contribution in [0.5, 0.6) is 0 Å². The Morgan fingerprint density at radius 2 is 1.35 bits per heavy atom. The minimum absolute atomic E-state index is 0.371. The van der Waals surface area contributed by atoms with Gasteiger partial charge >= 0.3 is 5.97 Å². The fourth-order valence-corrected chi connectivity index (χ4v) is 7.19. The highest BCUT2D eigenvalue weighted by Crippen LogP contribution is 2.43. The molecule has 1 aromatic heterocycles. The van der Waals surface area contributed by atoms with Crippen molar-refractivity contribution in [1.29, 1.82) is 0 Å². The van der Waals surface area contributed by atoms with Crippen molar-refractivity contribution in [3.05, 3.63) is 36.0 Å². The van der Waals surface area contributed by atoms with E-state index >= 15 is 0 Å². The van der Waals surface area contributed by atoms with E-state index in [2.05, 4.69) is 15.5 Å². The first-order valence-corrected chi connectivity index (χ1v) is 13.7. The van der Waals surface area contributed by atoms with Crippen LogP contribution in [0.2, 0.25) is 0 Å². The average molecular weight is 465 g/mol. The maximum absolute atomic E-state index is 12.8. The van der Waals surface area contributed by atoms with Crippen molar-refractivity contribution in [1.82, 2.24) is 9.47 Å². The Balaban J connectivity index is 1.40. The van der Waals surface area contributed by atoms with Crippen molar-refractivity contribution < 1.29 is 14.3 Å². The number of esters is 1. The molecule has 1 saturated carbocycles. The fourth-order valence-electron chi connectivity index (χ4n) is 7.19. The van der Waals surface area contributed by atoms with Crippen LogP contribution in [0, 0.1) is 0 Å². The smallest absolute Gasteiger partial charge is 0.379 e. The molecule has 0 radical (unpaired) electrons. The fraction of sp³-hybridized carbons (Fsp3) is 0.655. The van der Waals surface area contributed by atoms with Gasteiger partial charge in [0.15, 0.2) is 0 Å². The summed E-state index contributed by atoms with van der Waals surface area (Å²) >= 11 is 0. The van der Waals surface area contributed by atoms with Crippen LogP contribution >= 0.6 is 0 Å². The van der Waals surface area contributed by atoms with E-state index in [4.69, 9.17) is 4.74 Å². The third-order valence-corrected chi connectivity index (χ3v) is 8.75. The zero-order valence-corrected chi connectivity index (χ0v) is 20.7. The van der Waals surface area contributed by atoms with E-state index in [1.54, 1.807) is 0 Å². The maximum atomic E-state index is 12.8. The molecule has 3 heterocycles. The van der Waals surface area contributed by atoms with Crippen LogP contribution in [0.25, 0.3) is 10.9 Å². The summed E-state index contributed by atoms with van der Waals surface area (Å²) in [5.41, 5.74) is 1.53. The highest BCUT2D eigenvalue weighted by Gasteiger charge is 2.42. The van der Waals surface area contributed by atoms with E-state index in [9.17, 15) is 9.59 Å². The SMILES string of the molecule is COC(=O)C(=O)c1cn([C@H]2C[C@H]3CCC[C@@H](C2)N3C2CCCCCCCCC2)c2ccccc12. The van der Waals surface area contributed by atoms with Crippen LogP contribution in [0.1, 0.15) is 106 Å². The van der Waals surface area contributed by atoms with E-state index in [1.807, 2.05) is 24.4 Å². The number of nitrogens with zero attached hydrogens (tertiary/aromatic N) is 2. The summed E-state index contributed by atoms with van der Waals surface area (Å²) in [5, 5.41) is 0.859. The number of hydrogen-bond donors (Lipinski definition) is 0. The number of methoxy groups -OCH3 is 1. The Kier molecular flexibility index (Phi) is 7.38. The Morgan fingerprint density at radius 1 is 0.765 bits per heavy atom. The Bertz CT molecular complexity index is 988. The number of carbonyl (C=O) groups excluding carboxylic acids is 2. The summed E-state index contributed by atoms with van der Waals surface area (Å²) in [4.78, 5) is 27.7. The van der Waals surface area contributed by atoms with Gasteiger partial charge in [0.2, 0.25) is 0 Å². The first kappa shape index (κ1) is 23.6. The lowest BCUT2D eigenvalue weighted by Gasteiger charge is -2.53. The van der Waals surface area contributed by atoms with Crippen molar-refractivity contribution in [3.63, 3.8) is 0 Å². The zero-order chi connectivity index (χ0) is 23.5. The van der Waals surface area contributed by atoms with E-state index in [0.717, 1.165) is 29.8 Å². The number of ether oxygens (including phenoxy) is 1. The number of fused-ring (bicyclic) bond motifs is 3. The van der Waals surface area contributed by atoms with Crippen molar-refractivity contribution in [2.24, 2.45) is 0 Å². The zero-order valence-electron chi connectivity index (χ0n) is 20.7. The molecule has 2 bridgehead atoms. The molecule has 3 aliphatic rings. The van der Waals surface area contributed by atoms with E-state index in [0.29, 0.717) is 23.7 Å². The molecule has 5 nitrogen and oxygen atoms in total. The average Bonchev–Trinajstić information content (AvgIpc) is 3.25. The number of Topliss-reactive ketones (excluding diaryl/α,β-unsaturated/α-hetero) is 1. The highest BCUT2D eigenvalue weighted by atomic mass is 16.5. The number of carbonyl (C=O) groups is 2. The first-order chi connectivity index (χ1) is 16.7. The van der Waals surface area contributed by atoms with Gasteiger partial charge in [-0.05, 0) is 44.6 Å². The number of hydrogen-bond acceptors (Lipinski definition) is 4. The van der Waals surface area contributed by atoms with Crippen molar-refractivity contribution >= 4 is 22.7 Å². The van der Waals surface area contributed by atoms with Gasteiger partial charge in [-0.3, -0.25) is 9.69 Å². The Morgan fingerprint density at radius 3 is 2.00 bits per heavy atom. The summed E-state index contributed by atoms with van der Waals surface area (Å²) in [6.07, 6.45) is 20.6. The monoisotopic (exact) mass is 464 g/mol. The normalized spacial score (nSPS) is 27.4. The van der Waals surface area contributed by atoms with Crippen molar-refractivity contribution in [2.75, 3.05) is 7.11 Å². The minimum atomic E-state index is -0.786. The summed E-state index contributed by atoms with van der Waals surface area (Å²) in [5.74, 6) is -1.33. The number of benzene rings is 1. The van der Waals surface area contributed by atoms with Crippen molar-refractivity contribution in [2.45, 2.75) is 114 Å². The first-order valence-electron chi connectivity index (χ1n) is 13.7. The molecular weight excluding hydrogens is 424 g/mol. The molecule has 2 aromatic rings. The van der Waals surface area contributed by atoms with Gasteiger partial charge in [-0.25, -0.2) is 4.79 Å². The maximum Gasteiger partial charge on any atom is 0.379 e. The second-order valence-electron chi connectivity index (χ2n) is 10.8. The summed E-state index contributed by atoms with van der Waals surface area (Å²) < 4.78 is 7.05. The van der Waals surface area contributed by atoms with Gasteiger partial charge in [0.25, 0.3) is 5.78 Å². The second-order valence-corrected chi connectivity index (χ2v) is 10.8. The van der Waals surface area contributed by atoms with Crippen LogP contribution in [-0.4, -0.2) is 46.5 Å². The molecule has 3 atom stereocenters. The number of rotatable bonds is 4. The molecule has 0 N–H and O–H groups in total. The molecule has 184 valence electrons. The minimum Gasteiger partial charge on any atom is -0.463 e. The molecule has 1 aromatic carbocycles. The quantitative estimate of drug-likeness (QED) is 0.296. The lowest BCUT2D eigenvalue weighted by atomic mass is 9.79. The van der Waals surface area contributed by atoms with Gasteiger partial charge in [-0.1, -0.05) is 69.6 Å². The van der Waals surface area contributed by atoms with Crippen LogP contribution in [0.4, 0.5) is 0 Å². The van der Waals surface area contributed by atoms with Crippen LogP contribution in [0.3, 0.4) is 0 Å². The molecule has 5 heteroatoms. The largest absolute Gasteiger partial charge is 0.463 e. The highest BCUT2D eigenvalue weighted by molar-refractivity contribution is 6.43. The predicted molar refractivity (Wildman–Crippen MR) is 135 cm³/mol. The van der Waals surface area contributed by atoms with Gasteiger partial charge < -0.3 is 9.30 Å². The lowest BCUT2D eigenvalue weighted by Crippen LogP contribution is -2.56. The van der Waals surface area contributed by atoms with Crippen LogP contribution in [0.15, 0.2) is 30.5 Å². The molecule has 3 fully saturated rings. The molecule has 0 spiro atoms. The van der Waals surface area contributed by atoms with E-state index in [1.165, 1.54) is 84.2 Å². The van der Waals surface area contributed by atoms with Gasteiger partial charge in [-0.2, -0.15) is 0 Å². The van der Waals surface area contributed by atoms with Crippen LogP contribution < -0.4 is 0 Å². The molecule has 5 rings (SSSR count). The summed E-state index contributed by atoms with van der Waals surface area (Å²) in [6.45, 7) is 0. The third kappa shape index (κ3) is 4.68. The lowest BCUT2D eigenvalue weighted by molar-refractivity contribution is -0.135. The molecular formula is C29H40N2O3. The second kappa shape index (κ2) is 10.6. The number of ketones is 1. The molecule has 1 aliphatic carbocycles. The molecule has 0 unspecified atom stereocenters. The topological polar surface area (TPSA) is 51.5 Å². The molecule has 2 saturated heterocycles. The van der Waals surface area contributed by atoms with Gasteiger partial charge in [0, 0.05) is 41.3 Å². The summed E-state index contributed by atoms with van der Waals surface area (Å²) in [6, 6.07) is 10.4. The summed E-state index contributed by atoms with van der Waals surface area (Å²) in [7, 11) is 1.27. The third-order valence-electron chi connectivity index (χ3n) is 8.75. The number of para-hydroxylation sites is 1. The van der Waals surface area contributed by atoms with E-state index in [-0.39, 0.29) is 0 Å². The Labute approximate surface area is 203 Å². The van der Waals surface area contributed by atoms with Gasteiger partial charge in [0.05, 0.1) is 12.7 Å². The molecule has 34 heavy (non-hydrogen) atoms.